The van der Waals surface area contributed by atoms with Crippen molar-refractivity contribution < 1.29 is 9.59 Å². The Kier molecular flexibility index (Phi) is 8.26. The fourth-order valence-electron chi connectivity index (χ4n) is 3.50. The molecule has 3 N–H and O–H groups in total. The van der Waals surface area contributed by atoms with Gasteiger partial charge in [0.2, 0.25) is 5.91 Å². The molecule has 0 aliphatic heterocycles. The van der Waals surface area contributed by atoms with Gasteiger partial charge in [0.1, 0.15) is 6.04 Å². The normalized spacial score (nSPS) is 12.5. The molecule has 1 atom stereocenters. The Morgan fingerprint density at radius 1 is 0.839 bits per heavy atom. The van der Waals surface area contributed by atoms with Gasteiger partial charge in [0, 0.05) is 17.6 Å². The van der Waals surface area contributed by atoms with Crippen LogP contribution in [-0.2, 0) is 11.2 Å². The number of rotatable bonds is 7. The van der Waals surface area contributed by atoms with Crippen molar-refractivity contribution in [1.29, 1.82) is 0 Å². The first kappa shape index (κ1) is 24.4. The lowest BCUT2D eigenvalue weighted by molar-refractivity contribution is -0.117. The number of carbonyl (C=O) groups is 2. The molecule has 0 aromatic heterocycles. The van der Waals surface area contributed by atoms with Crippen LogP contribution in [0.1, 0.15) is 77.0 Å². The van der Waals surface area contributed by atoms with Gasteiger partial charge in [0.05, 0.1) is 0 Å². The maximum atomic E-state index is 13.4. The smallest absolute Gasteiger partial charge is 0.315 e. The van der Waals surface area contributed by atoms with Crippen LogP contribution >= 0.6 is 0 Å². The van der Waals surface area contributed by atoms with Gasteiger partial charge in [-0.05, 0) is 49.3 Å². The van der Waals surface area contributed by atoms with Crippen molar-refractivity contribution in [1.82, 2.24) is 10.6 Å². The lowest BCUT2D eigenvalue weighted by Crippen LogP contribution is -2.53. The molecular formula is C26H37N3O2. The van der Waals surface area contributed by atoms with Gasteiger partial charge in [-0.15, -0.1) is 0 Å². The number of amides is 3. The molecule has 31 heavy (non-hydrogen) atoms. The van der Waals surface area contributed by atoms with Crippen LogP contribution in [0.3, 0.4) is 0 Å². The highest BCUT2D eigenvalue weighted by atomic mass is 16.2. The van der Waals surface area contributed by atoms with Gasteiger partial charge in [-0.25, -0.2) is 4.79 Å². The Morgan fingerprint density at radius 2 is 1.39 bits per heavy atom. The van der Waals surface area contributed by atoms with E-state index >= 15 is 0 Å². The summed E-state index contributed by atoms with van der Waals surface area (Å²) in [4.78, 5) is 26.0. The minimum absolute atomic E-state index is 0.220. The third-order valence-corrected chi connectivity index (χ3v) is 5.01. The van der Waals surface area contributed by atoms with E-state index < -0.39 is 11.6 Å². The number of nitrogens with one attached hydrogen (secondary N) is 3. The zero-order chi connectivity index (χ0) is 23.2. The fourth-order valence-corrected chi connectivity index (χ4v) is 3.50. The molecule has 0 fully saturated rings. The molecule has 0 saturated carbocycles. The Balaban J connectivity index is 2.34. The molecule has 2 aromatic carbocycles. The number of benzene rings is 2. The highest BCUT2D eigenvalue weighted by Crippen LogP contribution is 2.32. The molecule has 0 saturated heterocycles. The zero-order valence-electron chi connectivity index (χ0n) is 19.9. The largest absolute Gasteiger partial charge is 0.334 e. The summed E-state index contributed by atoms with van der Waals surface area (Å²) in [7, 11) is 0. The van der Waals surface area contributed by atoms with Gasteiger partial charge >= 0.3 is 6.03 Å². The zero-order valence-corrected chi connectivity index (χ0v) is 19.9. The first-order chi connectivity index (χ1) is 14.5. The maximum absolute atomic E-state index is 13.4. The summed E-state index contributed by atoms with van der Waals surface area (Å²) in [5.41, 5.74) is 3.63. The van der Waals surface area contributed by atoms with Crippen LogP contribution in [0.25, 0.3) is 0 Å². The van der Waals surface area contributed by atoms with E-state index in [4.69, 9.17) is 0 Å². The molecule has 168 valence electrons. The Morgan fingerprint density at radius 3 is 1.87 bits per heavy atom. The van der Waals surface area contributed by atoms with Crippen LogP contribution < -0.4 is 16.0 Å². The predicted molar refractivity (Wildman–Crippen MR) is 129 cm³/mol. The van der Waals surface area contributed by atoms with E-state index in [9.17, 15) is 9.59 Å². The predicted octanol–water partition coefficient (Wildman–Crippen LogP) is 5.58. The number of urea groups is 1. The third kappa shape index (κ3) is 7.42. The lowest BCUT2D eigenvalue weighted by atomic mass is 9.92. The van der Waals surface area contributed by atoms with Crippen LogP contribution in [0, 0.1) is 0 Å². The number of anilines is 1. The second-order valence-electron chi connectivity index (χ2n) is 9.70. The van der Waals surface area contributed by atoms with Crippen LogP contribution in [-0.4, -0.2) is 23.5 Å². The Hall–Kier alpha value is -2.82. The summed E-state index contributed by atoms with van der Waals surface area (Å²) in [5.74, 6) is 0.306. The molecule has 2 rings (SSSR count). The van der Waals surface area contributed by atoms with Crippen molar-refractivity contribution in [3.63, 3.8) is 0 Å². The second kappa shape index (κ2) is 10.5. The highest BCUT2D eigenvalue weighted by molar-refractivity contribution is 5.98. The van der Waals surface area contributed by atoms with Gasteiger partial charge in [0.15, 0.2) is 0 Å². The molecule has 1 unspecified atom stereocenters. The number of carbonyl (C=O) groups excluding carboxylic acids is 2. The van der Waals surface area contributed by atoms with Crippen molar-refractivity contribution >= 4 is 17.6 Å². The Bertz CT molecular complexity index is 857. The first-order valence-corrected chi connectivity index (χ1v) is 11.0. The third-order valence-electron chi connectivity index (χ3n) is 5.01. The van der Waals surface area contributed by atoms with E-state index in [2.05, 4.69) is 55.8 Å². The minimum Gasteiger partial charge on any atom is -0.334 e. The fraction of sp³-hybridized carbons (Fsp3) is 0.462. The molecule has 0 aliphatic carbocycles. The highest BCUT2D eigenvalue weighted by Gasteiger charge is 2.25. The average Bonchev–Trinajstić information content (AvgIpc) is 2.66. The van der Waals surface area contributed by atoms with Crippen molar-refractivity contribution in [2.75, 3.05) is 5.32 Å². The summed E-state index contributed by atoms with van der Waals surface area (Å²) in [5, 5.41) is 8.91. The number of para-hydroxylation sites is 1. The summed E-state index contributed by atoms with van der Waals surface area (Å²) in [6.45, 7) is 14.2. The summed E-state index contributed by atoms with van der Waals surface area (Å²) >= 11 is 0. The van der Waals surface area contributed by atoms with Crippen molar-refractivity contribution in [2.24, 2.45) is 0 Å². The van der Waals surface area contributed by atoms with Gasteiger partial charge < -0.3 is 16.0 Å². The first-order valence-electron chi connectivity index (χ1n) is 11.0. The van der Waals surface area contributed by atoms with Gasteiger partial charge in [0.25, 0.3) is 0 Å². The lowest BCUT2D eigenvalue weighted by Gasteiger charge is -2.26. The number of hydrogen-bond donors (Lipinski definition) is 3. The topological polar surface area (TPSA) is 70.2 Å². The monoisotopic (exact) mass is 423 g/mol. The Labute approximate surface area is 187 Å². The molecule has 0 bridgehead atoms. The van der Waals surface area contributed by atoms with Crippen LogP contribution in [0.5, 0.6) is 0 Å². The standard InChI is InChI=1S/C26H37N3O2/c1-17(2)20-14-11-15-21(18(3)4)23(20)28-24(30)22(16-19-12-9-8-10-13-19)27-25(31)29-26(5,6)7/h8-15,17-18,22H,16H2,1-7H3,(H,28,30)(H2,27,29,31). The quantitative estimate of drug-likeness (QED) is 0.544. The maximum Gasteiger partial charge on any atom is 0.315 e. The molecule has 0 radical (unpaired) electrons. The molecule has 5 nitrogen and oxygen atoms in total. The molecule has 5 heteroatoms. The van der Waals surface area contributed by atoms with Gasteiger partial charge in [-0.1, -0.05) is 76.2 Å². The molecule has 3 amide bonds. The van der Waals surface area contributed by atoms with Crippen LogP contribution in [0.15, 0.2) is 48.5 Å². The van der Waals surface area contributed by atoms with E-state index in [-0.39, 0.29) is 23.8 Å². The van der Waals surface area contributed by atoms with E-state index in [1.165, 1.54) is 0 Å². The van der Waals surface area contributed by atoms with Gasteiger partial charge in [-0.2, -0.15) is 0 Å². The minimum atomic E-state index is -0.704. The second-order valence-corrected chi connectivity index (χ2v) is 9.70. The summed E-state index contributed by atoms with van der Waals surface area (Å²) in [6.07, 6.45) is 0.408. The number of hydrogen-bond acceptors (Lipinski definition) is 2. The van der Waals surface area contributed by atoms with E-state index in [0.29, 0.717) is 6.42 Å². The van der Waals surface area contributed by atoms with E-state index in [0.717, 1.165) is 22.4 Å². The van der Waals surface area contributed by atoms with Crippen molar-refractivity contribution in [2.45, 2.75) is 78.3 Å². The summed E-state index contributed by atoms with van der Waals surface area (Å²) < 4.78 is 0. The van der Waals surface area contributed by atoms with Crippen molar-refractivity contribution in [3.8, 4) is 0 Å². The average molecular weight is 424 g/mol. The molecule has 0 spiro atoms. The summed E-state index contributed by atoms with van der Waals surface area (Å²) in [6, 6.07) is 14.8. The van der Waals surface area contributed by atoms with E-state index in [1.54, 1.807) is 0 Å². The van der Waals surface area contributed by atoms with Crippen LogP contribution in [0.4, 0.5) is 10.5 Å². The van der Waals surface area contributed by atoms with Gasteiger partial charge in [-0.3, -0.25) is 4.79 Å². The van der Waals surface area contributed by atoms with Crippen LogP contribution in [0.2, 0.25) is 0 Å². The van der Waals surface area contributed by atoms with E-state index in [1.807, 2.05) is 57.2 Å². The SMILES string of the molecule is CC(C)c1cccc(C(C)C)c1NC(=O)C(Cc1ccccc1)NC(=O)NC(C)(C)C. The van der Waals surface area contributed by atoms with Crippen molar-refractivity contribution in [3.05, 3.63) is 65.2 Å². The molecular weight excluding hydrogens is 386 g/mol. The molecule has 2 aromatic rings. The molecule has 0 aliphatic rings. The molecule has 0 heterocycles.